The van der Waals surface area contributed by atoms with Gasteiger partial charge in [-0.25, -0.2) is 13.1 Å². The Hall–Kier alpha value is -1.36. The summed E-state index contributed by atoms with van der Waals surface area (Å²) in [6.45, 7) is 5.66. The molecular weight excluding hydrogens is 262 g/mol. The molecule has 19 heavy (non-hydrogen) atoms. The van der Waals surface area contributed by atoms with Gasteiger partial charge in [-0.3, -0.25) is 4.79 Å². The van der Waals surface area contributed by atoms with E-state index in [1.807, 2.05) is 13.8 Å². The van der Waals surface area contributed by atoms with Crippen LogP contribution in [0.1, 0.15) is 38.7 Å². The summed E-state index contributed by atoms with van der Waals surface area (Å²) >= 11 is 0. The largest absolute Gasteiger partial charge is 0.274 e. The van der Waals surface area contributed by atoms with Gasteiger partial charge in [-0.15, -0.1) is 0 Å². The Morgan fingerprint density at radius 2 is 1.84 bits per heavy atom. The number of unbranched alkanes of at least 4 members (excludes halogenated alkanes) is 1. The molecule has 0 heterocycles. The molecule has 0 bridgehead atoms. The normalized spacial score (nSPS) is 13.0. The Labute approximate surface area is 115 Å². The van der Waals surface area contributed by atoms with Gasteiger partial charge in [-0.1, -0.05) is 44.4 Å². The van der Waals surface area contributed by atoms with Crippen molar-refractivity contribution in [2.45, 2.75) is 44.9 Å². The smallest absolute Gasteiger partial charge is 0.264 e. The second kappa shape index (κ2) is 6.70. The molecule has 106 valence electrons. The predicted molar refractivity (Wildman–Crippen MR) is 75.2 cm³/mol. The van der Waals surface area contributed by atoms with Crippen molar-refractivity contribution in [1.29, 1.82) is 0 Å². The fraction of sp³-hybridized carbons (Fsp3) is 0.500. The second-order valence-corrected chi connectivity index (χ2v) is 6.51. The van der Waals surface area contributed by atoms with Gasteiger partial charge in [0, 0.05) is 5.92 Å². The van der Waals surface area contributed by atoms with Gasteiger partial charge in [0.15, 0.2) is 0 Å². The maximum atomic E-state index is 12.0. The molecule has 1 aromatic rings. The summed E-state index contributed by atoms with van der Waals surface area (Å²) in [4.78, 5) is 11.9. The van der Waals surface area contributed by atoms with Gasteiger partial charge in [-0.2, -0.15) is 0 Å². The number of sulfonamides is 1. The number of carbonyl (C=O) groups is 1. The highest BCUT2D eigenvalue weighted by Gasteiger charge is 2.21. The van der Waals surface area contributed by atoms with Crippen LogP contribution in [0.25, 0.3) is 0 Å². The summed E-state index contributed by atoms with van der Waals surface area (Å²) in [6.07, 6.45) is 2.60. The lowest BCUT2D eigenvalue weighted by molar-refractivity contribution is -0.122. The van der Waals surface area contributed by atoms with Gasteiger partial charge in [0.1, 0.15) is 0 Å². The zero-order chi connectivity index (χ0) is 14.5. The lowest BCUT2D eigenvalue weighted by Gasteiger charge is -2.12. The number of amides is 1. The summed E-state index contributed by atoms with van der Waals surface area (Å²) in [7, 11) is -3.75. The molecule has 0 aliphatic rings. The molecule has 0 radical (unpaired) electrons. The summed E-state index contributed by atoms with van der Waals surface area (Å²) in [5, 5.41) is 0. The molecule has 0 aliphatic heterocycles. The molecule has 4 nitrogen and oxygen atoms in total. The fourth-order valence-electron chi connectivity index (χ4n) is 1.65. The van der Waals surface area contributed by atoms with Crippen molar-refractivity contribution < 1.29 is 13.2 Å². The van der Waals surface area contributed by atoms with Gasteiger partial charge in [0.25, 0.3) is 10.0 Å². The lowest BCUT2D eigenvalue weighted by Crippen LogP contribution is -2.34. The Balaban J connectivity index is 2.74. The van der Waals surface area contributed by atoms with Crippen molar-refractivity contribution in [2.24, 2.45) is 5.92 Å². The van der Waals surface area contributed by atoms with E-state index in [4.69, 9.17) is 0 Å². The van der Waals surface area contributed by atoms with Crippen LogP contribution in [0.15, 0.2) is 29.2 Å². The van der Waals surface area contributed by atoms with Gasteiger partial charge in [0.05, 0.1) is 4.90 Å². The zero-order valence-corrected chi connectivity index (χ0v) is 12.5. The van der Waals surface area contributed by atoms with Crippen LogP contribution < -0.4 is 4.72 Å². The average Bonchev–Trinajstić information content (AvgIpc) is 2.35. The summed E-state index contributed by atoms with van der Waals surface area (Å²) in [5.41, 5.74) is 0.974. The number of carbonyl (C=O) groups excluding carboxylic acids is 1. The molecule has 0 aromatic heterocycles. The topological polar surface area (TPSA) is 63.2 Å². The maximum Gasteiger partial charge on any atom is 0.264 e. The third kappa shape index (κ3) is 4.67. The SMILES string of the molecule is CCCCC(C)C(=O)NS(=O)(=O)c1ccc(C)cc1. The Bertz CT molecular complexity index is 520. The molecule has 0 spiro atoms. The van der Waals surface area contributed by atoms with E-state index in [2.05, 4.69) is 4.72 Å². The first kappa shape index (κ1) is 15.7. The number of aryl methyl sites for hydroxylation is 1. The molecular formula is C14H21NO3S. The number of hydrogen-bond donors (Lipinski definition) is 1. The van der Waals surface area contributed by atoms with Crippen LogP contribution in [0.4, 0.5) is 0 Å². The van der Waals surface area contributed by atoms with Gasteiger partial charge >= 0.3 is 0 Å². The van der Waals surface area contributed by atoms with Crippen molar-refractivity contribution in [3.8, 4) is 0 Å². The number of hydrogen-bond acceptors (Lipinski definition) is 3. The van der Waals surface area contributed by atoms with E-state index in [0.29, 0.717) is 6.42 Å². The first-order valence-corrected chi connectivity index (χ1v) is 7.98. The van der Waals surface area contributed by atoms with Crippen molar-refractivity contribution in [3.63, 3.8) is 0 Å². The van der Waals surface area contributed by atoms with Crippen LogP contribution in [-0.4, -0.2) is 14.3 Å². The van der Waals surface area contributed by atoms with Crippen LogP contribution in [0, 0.1) is 12.8 Å². The minimum atomic E-state index is -3.75. The van der Waals surface area contributed by atoms with Crippen molar-refractivity contribution in [3.05, 3.63) is 29.8 Å². The standard InChI is InChI=1S/C14H21NO3S/c1-4-5-6-12(3)14(16)15-19(17,18)13-9-7-11(2)8-10-13/h7-10,12H,4-6H2,1-3H3,(H,15,16). The summed E-state index contributed by atoms with van der Waals surface area (Å²) in [5.74, 6) is -0.728. The van der Waals surface area contributed by atoms with E-state index < -0.39 is 15.9 Å². The minimum absolute atomic E-state index is 0.120. The number of benzene rings is 1. The number of nitrogens with one attached hydrogen (secondary N) is 1. The number of rotatable bonds is 6. The van der Waals surface area contributed by atoms with E-state index in [9.17, 15) is 13.2 Å². The Morgan fingerprint density at radius 3 is 2.37 bits per heavy atom. The maximum absolute atomic E-state index is 12.0. The minimum Gasteiger partial charge on any atom is -0.274 e. The quantitative estimate of drug-likeness (QED) is 0.873. The second-order valence-electron chi connectivity index (χ2n) is 4.83. The molecule has 1 aromatic carbocycles. The first-order valence-electron chi connectivity index (χ1n) is 6.50. The third-order valence-electron chi connectivity index (χ3n) is 3.00. The summed E-state index contributed by atoms with van der Waals surface area (Å²) in [6, 6.07) is 6.42. The van der Waals surface area contributed by atoms with Crippen molar-refractivity contribution in [2.75, 3.05) is 0 Å². The molecule has 1 amide bonds. The molecule has 5 heteroatoms. The van der Waals surface area contributed by atoms with Crippen LogP contribution in [-0.2, 0) is 14.8 Å². The van der Waals surface area contributed by atoms with Crippen LogP contribution >= 0.6 is 0 Å². The van der Waals surface area contributed by atoms with Crippen molar-refractivity contribution in [1.82, 2.24) is 4.72 Å². The molecule has 1 unspecified atom stereocenters. The highest BCUT2D eigenvalue weighted by Crippen LogP contribution is 2.12. The molecule has 1 rings (SSSR count). The van der Waals surface area contributed by atoms with Gasteiger partial charge in [-0.05, 0) is 25.5 Å². The summed E-state index contributed by atoms with van der Waals surface area (Å²) < 4.78 is 26.1. The first-order chi connectivity index (χ1) is 8.86. The Morgan fingerprint density at radius 1 is 1.26 bits per heavy atom. The van der Waals surface area contributed by atoms with Crippen LogP contribution in [0.3, 0.4) is 0 Å². The fourth-order valence-corrected chi connectivity index (χ4v) is 2.73. The molecule has 0 saturated carbocycles. The van der Waals surface area contributed by atoms with E-state index in [0.717, 1.165) is 18.4 Å². The van der Waals surface area contributed by atoms with Crippen LogP contribution in [0.5, 0.6) is 0 Å². The van der Waals surface area contributed by atoms with Crippen LogP contribution in [0.2, 0.25) is 0 Å². The predicted octanol–water partition coefficient (Wildman–Crippen LogP) is 2.63. The highest BCUT2D eigenvalue weighted by molar-refractivity contribution is 7.90. The highest BCUT2D eigenvalue weighted by atomic mass is 32.2. The third-order valence-corrected chi connectivity index (χ3v) is 4.37. The molecule has 1 N–H and O–H groups in total. The van der Waals surface area contributed by atoms with E-state index >= 15 is 0 Å². The van der Waals surface area contributed by atoms with Gasteiger partial charge < -0.3 is 0 Å². The molecule has 0 fully saturated rings. The average molecular weight is 283 g/mol. The molecule has 0 aliphatic carbocycles. The van der Waals surface area contributed by atoms with E-state index in [-0.39, 0.29) is 10.8 Å². The molecule has 0 saturated heterocycles. The van der Waals surface area contributed by atoms with E-state index in [1.54, 1.807) is 19.1 Å². The zero-order valence-electron chi connectivity index (χ0n) is 11.6. The Kier molecular flexibility index (Phi) is 5.54. The monoisotopic (exact) mass is 283 g/mol. The van der Waals surface area contributed by atoms with E-state index in [1.165, 1.54) is 12.1 Å². The van der Waals surface area contributed by atoms with Gasteiger partial charge in [0.2, 0.25) is 5.91 Å². The molecule has 1 atom stereocenters. The van der Waals surface area contributed by atoms with Crippen molar-refractivity contribution >= 4 is 15.9 Å². The lowest BCUT2D eigenvalue weighted by atomic mass is 10.0.